The van der Waals surface area contributed by atoms with Crippen molar-refractivity contribution in [2.24, 2.45) is 0 Å². The summed E-state index contributed by atoms with van der Waals surface area (Å²) in [7, 11) is 0. The quantitative estimate of drug-likeness (QED) is 0.762. The maximum absolute atomic E-state index is 12.4. The zero-order valence-corrected chi connectivity index (χ0v) is 14.6. The lowest BCUT2D eigenvalue weighted by atomic mass is 10.0. The Morgan fingerprint density at radius 3 is 2.36 bits per heavy atom. The van der Waals surface area contributed by atoms with Crippen molar-refractivity contribution in [3.8, 4) is 11.5 Å². The molecule has 128 valence electrons. The van der Waals surface area contributed by atoms with Gasteiger partial charge in [0.15, 0.2) is 5.82 Å². The first-order valence-corrected chi connectivity index (χ1v) is 8.37. The molecule has 1 N–H and O–H groups in total. The summed E-state index contributed by atoms with van der Waals surface area (Å²) in [5.41, 5.74) is 3.76. The normalized spacial score (nSPS) is 12.0. The van der Waals surface area contributed by atoms with Crippen LogP contribution in [0.25, 0.3) is 11.5 Å². The molecule has 25 heavy (non-hydrogen) atoms. The van der Waals surface area contributed by atoms with Crippen LogP contribution in [0.3, 0.4) is 0 Å². The van der Waals surface area contributed by atoms with Crippen LogP contribution in [0, 0.1) is 6.92 Å². The summed E-state index contributed by atoms with van der Waals surface area (Å²) in [6, 6.07) is 15.4. The molecule has 1 unspecified atom stereocenters. The fourth-order valence-electron chi connectivity index (χ4n) is 2.58. The van der Waals surface area contributed by atoms with Crippen LogP contribution in [-0.2, 0) is 6.42 Å². The minimum Gasteiger partial charge on any atom is -0.346 e. The van der Waals surface area contributed by atoms with Crippen molar-refractivity contribution in [2.45, 2.75) is 33.2 Å². The largest absolute Gasteiger partial charge is 0.346 e. The fourth-order valence-corrected chi connectivity index (χ4v) is 2.58. The molecule has 0 spiro atoms. The minimum atomic E-state index is -0.111. The van der Waals surface area contributed by atoms with Crippen molar-refractivity contribution in [1.82, 2.24) is 15.5 Å². The Hall–Kier alpha value is -2.95. The molecular formula is C20H21N3O2. The zero-order valence-electron chi connectivity index (χ0n) is 14.6. The van der Waals surface area contributed by atoms with Crippen LogP contribution in [0.2, 0.25) is 0 Å². The highest BCUT2D eigenvalue weighted by Crippen LogP contribution is 2.19. The number of carbonyl (C=O) groups excluding carboxylic acids is 1. The Kier molecular flexibility index (Phi) is 4.93. The molecule has 0 aliphatic rings. The van der Waals surface area contributed by atoms with E-state index in [0.717, 1.165) is 17.5 Å². The van der Waals surface area contributed by atoms with Gasteiger partial charge in [0.05, 0.1) is 6.04 Å². The van der Waals surface area contributed by atoms with Gasteiger partial charge in [0, 0.05) is 11.1 Å². The van der Waals surface area contributed by atoms with Crippen LogP contribution in [0.1, 0.15) is 47.2 Å². The van der Waals surface area contributed by atoms with Crippen LogP contribution < -0.4 is 5.32 Å². The van der Waals surface area contributed by atoms with Gasteiger partial charge in [0.1, 0.15) is 0 Å². The summed E-state index contributed by atoms with van der Waals surface area (Å²) in [4.78, 5) is 16.6. The Balaban J connectivity index is 1.67. The predicted molar refractivity (Wildman–Crippen MR) is 96.2 cm³/mol. The predicted octanol–water partition coefficient (Wildman–Crippen LogP) is 4.10. The number of nitrogens with one attached hydrogen (secondary N) is 1. The molecule has 0 saturated carbocycles. The van der Waals surface area contributed by atoms with Gasteiger partial charge in [-0.15, -0.1) is 0 Å². The maximum Gasteiger partial charge on any atom is 0.257 e. The van der Waals surface area contributed by atoms with E-state index in [9.17, 15) is 4.79 Å². The van der Waals surface area contributed by atoms with Gasteiger partial charge in [0.25, 0.3) is 11.8 Å². The third kappa shape index (κ3) is 3.94. The van der Waals surface area contributed by atoms with E-state index in [2.05, 4.69) is 46.6 Å². The highest BCUT2D eigenvalue weighted by molar-refractivity contribution is 5.94. The second-order valence-corrected chi connectivity index (χ2v) is 6.01. The number of carbonyl (C=O) groups is 1. The van der Waals surface area contributed by atoms with E-state index in [1.807, 2.05) is 19.1 Å². The van der Waals surface area contributed by atoms with E-state index in [1.165, 1.54) is 5.56 Å². The highest BCUT2D eigenvalue weighted by Gasteiger charge is 2.13. The Morgan fingerprint density at radius 2 is 1.80 bits per heavy atom. The number of nitrogens with zero attached hydrogens (tertiary/aromatic N) is 2. The van der Waals surface area contributed by atoms with Crippen LogP contribution in [-0.4, -0.2) is 16.0 Å². The first-order chi connectivity index (χ1) is 12.1. The Morgan fingerprint density at radius 1 is 1.12 bits per heavy atom. The van der Waals surface area contributed by atoms with E-state index < -0.39 is 0 Å². The molecule has 0 aliphatic heterocycles. The first-order valence-electron chi connectivity index (χ1n) is 8.37. The molecule has 1 amide bonds. The number of amides is 1. The van der Waals surface area contributed by atoms with Crippen molar-refractivity contribution in [3.05, 3.63) is 71.0 Å². The average molecular weight is 335 g/mol. The van der Waals surface area contributed by atoms with Crippen LogP contribution in [0.5, 0.6) is 0 Å². The summed E-state index contributed by atoms with van der Waals surface area (Å²) < 4.78 is 5.13. The monoisotopic (exact) mass is 335 g/mol. The standard InChI is InChI=1S/C20H21N3O2/c1-4-15-5-7-16(8-6-15)13(2)21-19(24)17-9-11-18(12-10-17)20-22-14(3)23-25-20/h5-13H,4H2,1-3H3,(H,21,24). The molecule has 0 radical (unpaired) electrons. The lowest BCUT2D eigenvalue weighted by Crippen LogP contribution is -2.26. The van der Waals surface area contributed by atoms with Gasteiger partial charge in [-0.1, -0.05) is 36.3 Å². The number of aryl methyl sites for hydroxylation is 2. The van der Waals surface area contributed by atoms with Gasteiger partial charge in [-0.25, -0.2) is 0 Å². The van der Waals surface area contributed by atoms with E-state index in [4.69, 9.17) is 4.52 Å². The summed E-state index contributed by atoms with van der Waals surface area (Å²) in [5.74, 6) is 0.925. The van der Waals surface area contributed by atoms with Gasteiger partial charge >= 0.3 is 0 Å². The number of benzene rings is 2. The minimum absolute atomic E-state index is 0.0586. The second-order valence-electron chi connectivity index (χ2n) is 6.01. The molecule has 5 heteroatoms. The molecule has 0 saturated heterocycles. The molecule has 1 aromatic heterocycles. The number of hydrogen-bond acceptors (Lipinski definition) is 4. The molecule has 5 nitrogen and oxygen atoms in total. The van der Waals surface area contributed by atoms with Crippen molar-refractivity contribution < 1.29 is 9.32 Å². The average Bonchev–Trinajstić information content (AvgIpc) is 3.08. The van der Waals surface area contributed by atoms with Gasteiger partial charge in [-0.05, 0) is 55.7 Å². The Bertz CT molecular complexity index is 851. The summed E-state index contributed by atoms with van der Waals surface area (Å²) in [6.07, 6.45) is 1.01. The lowest BCUT2D eigenvalue weighted by molar-refractivity contribution is 0.0940. The van der Waals surface area contributed by atoms with Crippen LogP contribution >= 0.6 is 0 Å². The third-order valence-electron chi connectivity index (χ3n) is 4.16. The SMILES string of the molecule is CCc1ccc(C(C)NC(=O)c2ccc(-c3nc(C)no3)cc2)cc1. The first kappa shape index (κ1) is 16.9. The molecule has 0 aliphatic carbocycles. The van der Waals surface area contributed by atoms with Gasteiger partial charge in [0.2, 0.25) is 0 Å². The highest BCUT2D eigenvalue weighted by atomic mass is 16.5. The molecule has 0 bridgehead atoms. The second kappa shape index (κ2) is 7.30. The van der Waals surface area contributed by atoms with Crippen LogP contribution in [0.4, 0.5) is 0 Å². The van der Waals surface area contributed by atoms with Crippen molar-refractivity contribution in [3.63, 3.8) is 0 Å². The number of aromatic nitrogens is 2. The lowest BCUT2D eigenvalue weighted by Gasteiger charge is -2.15. The molecule has 3 rings (SSSR count). The van der Waals surface area contributed by atoms with E-state index in [0.29, 0.717) is 17.3 Å². The number of rotatable bonds is 5. The maximum atomic E-state index is 12.4. The van der Waals surface area contributed by atoms with E-state index in [-0.39, 0.29) is 11.9 Å². The number of hydrogen-bond donors (Lipinski definition) is 1. The molecule has 1 heterocycles. The molecule has 2 aromatic carbocycles. The fraction of sp³-hybridized carbons (Fsp3) is 0.250. The summed E-state index contributed by atoms with van der Waals surface area (Å²) in [6.45, 7) is 5.87. The molecular weight excluding hydrogens is 314 g/mol. The molecule has 0 fully saturated rings. The molecule has 1 atom stereocenters. The summed E-state index contributed by atoms with van der Waals surface area (Å²) in [5, 5.41) is 6.79. The smallest absolute Gasteiger partial charge is 0.257 e. The van der Waals surface area contributed by atoms with Gasteiger partial charge < -0.3 is 9.84 Å². The van der Waals surface area contributed by atoms with Crippen molar-refractivity contribution in [2.75, 3.05) is 0 Å². The topological polar surface area (TPSA) is 68.0 Å². The zero-order chi connectivity index (χ0) is 17.8. The van der Waals surface area contributed by atoms with E-state index in [1.54, 1.807) is 19.1 Å². The van der Waals surface area contributed by atoms with Crippen molar-refractivity contribution in [1.29, 1.82) is 0 Å². The summed E-state index contributed by atoms with van der Waals surface area (Å²) >= 11 is 0. The van der Waals surface area contributed by atoms with Gasteiger partial charge in [-0.2, -0.15) is 4.98 Å². The Labute approximate surface area is 147 Å². The van der Waals surface area contributed by atoms with Crippen molar-refractivity contribution >= 4 is 5.91 Å². The van der Waals surface area contributed by atoms with Gasteiger partial charge in [-0.3, -0.25) is 4.79 Å². The van der Waals surface area contributed by atoms with Crippen LogP contribution in [0.15, 0.2) is 53.1 Å². The molecule has 3 aromatic rings. The van der Waals surface area contributed by atoms with E-state index >= 15 is 0 Å². The third-order valence-corrected chi connectivity index (χ3v) is 4.16.